The minimum absolute atomic E-state index is 0. The van der Waals surface area contributed by atoms with Crippen LogP contribution in [0.1, 0.15) is 10.4 Å². The van der Waals surface area contributed by atoms with Gasteiger partial charge in [0.2, 0.25) is 0 Å². The summed E-state index contributed by atoms with van der Waals surface area (Å²) in [5.74, 6) is -0.00903. The van der Waals surface area contributed by atoms with E-state index < -0.39 is 0 Å². The van der Waals surface area contributed by atoms with E-state index in [4.69, 9.17) is 0 Å². The number of amides is 1. The highest BCUT2D eigenvalue weighted by Gasteiger charge is 2.07. The molecule has 0 radical (unpaired) electrons. The van der Waals surface area contributed by atoms with E-state index in [-0.39, 0.29) is 18.3 Å². The minimum Gasteiger partial charge on any atom is -0.351 e. The Bertz CT molecular complexity index is 320. The van der Waals surface area contributed by atoms with Gasteiger partial charge < -0.3 is 10.6 Å². The summed E-state index contributed by atoms with van der Waals surface area (Å²) in [4.78, 5) is 11.6. The predicted octanol–water partition coefficient (Wildman–Crippen LogP) is 1.66. The molecule has 0 saturated carbocycles. The second-order valence-corrected chi connectivity index (χ2v) is 4.00. The van der Waals surface area contributed by atoms with E-state index in [9.17, 15) is 4.79 Å². The van der Waals surface area contributed by atoms with Crippen LogP contribution in [0.3, 0.4) is 0 Å². The van der Waals surface area contributed by atoms with Gasteiger partial charge in [-0.15, -0.1) is 12.4 Å². The maximum absolute atomic E-state index is 11.6. The highest BCUT2D eigenvalue weighted by molar-refractivity contribution is 14.1. The summed E-state index contributed by atoms with van der Waals surface area (Å²) in [6, 6.07) is 7.55. The van der Waals surface area contributed by atoms with Crippen molar-refractivity contribution < 1.29 is 4.79 Å². The number of carbonyl (C=O) groups excluding carboxylic acids is 1. The van der Waals surface area contributed by atoms with Crippen molar-refractivity contribution in [3.8, 4) is 0 Å². The van der Waals surface area contributed by atoms with E-state index in [2.05, 4.69) is 33.2 Å². The molecular formula is C10H14ClIN2O. The molecule has 0 aliphatic carbocycles. The molecule has 0 atom stereocenters. The monoisotopic (exact) mass is 340 g/mol. The number of hydrogen-bond acceptors (Lipinski definition) is 2. The Labute approximate surface area is 110 Å². The molecule has 0 unspecified atom stereocenters. The fourth-order valence-electron chi connectivity index (χ4n) is 1.04. The van der Waals surface area contributed by atoms with E-state index in [1.54, 1.807) is 0 Å². The highest BCUT2D eigenvalue weighted by Crippen LogP contribution is 2.10. The first-order valence-corrected chi connectivity index (χ1v) is 5.51. The van der Waals surface area contributed by atoms with Crippen molar-refractivity contribution in [3.05, 3.63) is 33.4 Å². The van der Waals surface area contributed by atoms with Gasteiger partial charge in [-0.05, 0) is 41.8 Å². The quantitative estimate of drug-likeness (QED) is 0.646. The molecule has 0 aromatic heterocycles. The average Bonchev–Trinajstić information content (AvgIpc) is 2.18. The first kappa shape index (κ1) is 14.7. The van der Waals surface area contributed by atoms with Gasteiger partial charge >= 0.3 is 0 Å². The summed E-state index contributed by atoms with van der Waals surface area (Å²) in [5, 5.41) is 5.81. The Morgan fingerprint density at radius 2 is 2.00 bits per heavy atom. The Morgan fingerprint density at radius 1 is 1.33 bits per heavy atom. The zero-order valence-corrected chi connectivity index (χ0v) is 11.4. The lowest BCUT2D eigenvalue weighted by atomic mass is 10.2. The van der Waals surface area contributed by atoms with Crippen molar-refractivity contribution in [2.45, 2.75) is 0 Å². The van der Waals surface area contributed by atoms with Gasteiger partial charge in [0, 0.05) is 16.7 Å². The molecule has 0 aliphatic heterocycles. The molecule has 84 valence electrons. The Balaban J connectivity index is 0.00000196. The highest BCUT2D eigenvalue weighted by atomic mass is 127. The summed E-state index contributed by atoms with van der Waals surface area (Å²) in [5.41, 5.74) is 0.740. The SMILES string of the molecule is CNCCNC(=O)c1ccccc1I.Cl. The number of likely N-dealkylation sites (N-methyl/N-ethyl adjacent to an activating group) is 1. The lowest BCUT2D eigenvalue weighted by molar-refractivity contribution is 0.0953. The lowest BCUT2D eigenvalue weighted by Gasteiger charge is -2.05. The average molecular weight is 341 g/mol. The molecule has 15 heavy (non-hydrogen) atoms. The molecule has 1 rings (SSSR count). The van der Waals surface area contributed by atoms with Gasteiger partial charge in [0.25, 0.3) is 5.91 Å². The molecule has 3 nitrogen and oxygen atoms in total. The second kappa shape index (κ2) is 7.90. The molecule has 0 aliphatic rings. The summed E-state index contributed by atoms with van der Waals surface area (Å²) < 4.78 is 0.979. The van der Waals surface area contributed by atoms with Crippen molar-refractivity contribution in [2.24, 2.45) is 0 Å². The van der Waals surface area contributed by atoms with Gasteiger partial charge in [-0.25, -0.2) is 0 Å². The van der Waals surface area contributed by atoms with Crippen molar-refractivity contribution >= 4 is 40.9 Å². The standard InChI is InChI=1S/C10H13IN2O.ClH/c1-12-6-7-13-10(14)8-4-2-3-5-9(8)11;/h2-5,12H,6-7H2,1H3,(H,13,14);1H. The van der Waals surface area contributed by atoms with Gasteiger partial charge in [-0.3, -0.25) is 4.79 Å². The van der Waals surface area contributed by atoms with Gasteiger partial charge in [0.05, 0.1) is 5.56 Å². The van der Waals surface area contributed by atoms with Crippen LogP contribution in [0.25, 0.3) is 0 Å². The van der Waals surface area contributed by atoms with Crippen LogP contribution in [0.4, 0.5) is 0 Å². The number of carbonyl (C=O) groups is 1. The number of halogens is 2. The molecule has 0 bridgehead atoms. The molecule has 0 saturated heterocycles. The van der Waals surface area contributed by atoms with Gasteiger partial charge in [0.1, 0.15) is 0 Å². The molecule has 1 amide bonds. The number of benzene rings is 1. The van der Waals surface area contributed by atoms with Gasteiger partial charge in [-0.2, -0.15) is 0 Å². The zero-order valence-electron chi connectivity index (χ0n) is 8.42. The first-order valence-electron chi connectivity index (χ1n) is 4.43. The third kappa shape index (κ3) is 4.81. The molecule has 0 spiro atoms. The van der Waals surface area contributed by atoms with Crippen LogP contribution in [0.2, 0.25) is 0 Å². The first-order chi connectivity index (χ1) is 6.75. The van der Waals surface area contributed by atoms with E-state index in [1.807, 2.05) is 31.3 Å². The fourth-order valence-corrected chi connectivity index (χ4v) is 1.67. The molecule has 2 N–H and O–H groups in total. The van der Waals surface area contributed by atoms with Crippen molar-refractivity contribution in [1.29, 1.82) is 0 Å². The summed E-state index contributed by atoms with van der Waals surface area (Å²) in [6.45, 7) is 1.44. The normalized spacial score (nSPS) is 9.20. The minimum atomic E-state index is -0.00903. The summed E-state index contributed by atoms with van der Waals surface area (Å²) in [6.07, 6.45) is 0. The van der Waals surface area contributed by atoms with E-state index in [1.165, 1.54) is 0 Å². The lowest BCUT2D eigenvalue weighted by Crippen LogP contribution is -2.30. The van der Waals surface area contributed by atoms with E-state index in [0.29, 0.717) is 6.54 Å². The number of hydrogen-bond donors (Lipinski definition) is 2. The molecule has 1 aromatic rings. The van der Waals surface area contributed by atoms with E-state index in [0.717, 1.165) is 15.7 Å². The van der Waals surface area contributed by atoms with Crippen molar-refractivity contribution in [3.63, 3.8) is 0 Å². The number of rotatable bonds is 4. The zero-order chi connectivity index (χ0) is 10.4. The van der Waals surface area contributed by atoms with Gasteiger partial charge in [0.15, 0.2) is 0 Å². The maximum Gasteiger partial charge on any atom is 0.252 e. The predicted molar refractivity (Wildman–Crippen MR) is 72.7 cm³/mol. The van der Waals surface area contributed by atoms with Crippen molar-refractivity contribution in [1.82, 2.24) is 10.6 Å². The Kier molecular flexibility index (Phi) is 7.72. The van der Waals surface area contributed by atoms with Crippen molar-refractivity contribution in [2.75, 3.05) is 20.1 Å². The van der Waals surface area contributed by atoms with Crippen LogP contribution >= 0.6 is 35.0 Å². The molecule has 1 aromatic carbocycles. The van der Waals surface area contributed by atoms with E-state index >= 15 is 0 Å². The largest absolute Gasteiger partial charge is 0.351 e. The van der Waals surface area contributed by atoms with Crippen LogP contribution in [-0.2, 0) is 0 Å². The molecule has 5 heteroatoms. The second-order valence-electron chi connectivity index (χ2n) is 2.84. The van der Waals surface area contributed by atoms with Gasteiger partial charge in [-0.1, -0.05) is 12.1 Å². The summed E-state index contributed by atoms with van der Waals surface area (Å²) in [7, 11) is 1.86. The third-order valence-electron chi connectivity index (χ3n) is 1.78. The molecule has 0 heterocycles. The topological polar surface area (TPSA) is 41.1 Å². The fraction of sp³-hybridized carbons (Fsp3) is 0.300. The smallest absolute Gasteiger partial charge is 0.252 e. The Morgan fingerprint density at radius 3 is 2.60 bits per heavy atom. The maximum atomic E-state index is 11.6. The molecular weight excluding hydrogens is 326 g/mol. The van der Waals surface area contributed by atoms with Crippen LogP contribution < -0.4 is 10.6 Å². The third-order valence-corrected chi connectivity index (χ3v) is 2.72. The van der Waals surface area contributed by atoms with Crippen LogP contribution in [0, 0.1) is 3.57 Å². The summed E-state index contributed by atoms with van der Waals surface area (Å²) >= 11 is 2.16. The Hall–Kier alpha value is -0.330. The number of nitrogens with one attached hydrogen (secondary N) is 2. The molecule has 0 fully saturated rings. The van der Waals surface area contributed by atoms with Crippen LogP contribution in [-0.4, -0.2) is 26.0 Å². The van der Waals surface area contributed by atoms with Crippen LogP contribution in [0.5, 0.6) is 0 Å². The van der Waals surface area contributed by atoms with Crippen LogP contribution in [0.15, 0.2) is 24.3 Å².